The molecule has 0 radical (unpaired) electrons. The van der Waals surface area contributed by atoms with Crippen molar-refractivity contribution in [1.82, 2.24) is 9.97 Å². The van der Waals surface area contributed by atoms with Crippen LogP contribution < -0.4 is 5.73 Å². The fourth-order valence-corrected chi connectivity index (χ4v) is 3.26. The van der Waals surface area contributed by atoms with Gasteiger partial charge in [-0.25, -0.2) is 4.98 Å². The Morgan fingerprint density at radius 3 is 2.85 bits per heavy atom. The molecule has 0 bridgehead atoms. The van der Waals surface area contributed by atoms with Gasteiger partial charge in [-0.3, -0.25) is 4.98 Å². The van der Waals surface area contributed by atoms with E-state index in [-0.39, 0.29) is 0 Å². The monoisotopic (exact) mass is 283 g/mol. The zero-order valence-electron chi connectivity index (χ0n) is 11.6. The van der Waals surface area contributed by atoms with Gasteiger partial charge in [0.1, 0.15) is 5.01 Å². The summed E-state index contributed by atoms with van der Waals surface area (Å²) in [5, 5.41) is 2.14. The summed E-state index contributed by atoms with van der Waals surface area (Å²) >= 11 is 1.72. The number of benzene rings is 1. The fourth-order valence-electron chi connectivity index (χ4n) is 2.29. The molecule has 0 fully saturated rings. The molecule has 0 amide bonds. The maximum atomic E-state index is 5.74. The number of hydrogen-bond donors (Lipinski definition) is 1. The van der Waals surface area contributed by atoms with Gasteiger partial charge >= 0.3 is 0 Å². The van der Waals surface area contributed by atoms with E-state index >= 15 is 0 Å². The second kappa shape index (κ2) is 5.31. The first-order chi connectivity index (χ1) is 9.69. The zero-order chi connectivity index (χ0) is 14.1. The second-order valence-electron chi connectivity index (χ2n) is 5.09. The van der Waals surface area contributed by atoms with Gasteiger partial charge in [0.2, 0.25) is 0 Å². The number of rotatable bonds is 3. The molecule has 20 heavy (non-hydrogen) atoms. The number of aromatic nitrogens is 2. The van der Waals surface area contributed by atoms with E-state index in [4.69, 9.17) is 10.7 Å². The van der Waals surface area contributed by atoms with Crippen molar-refractivity contribution in [3.8, 4) is 11.3 Å². The highest BCUT2D eigenvalue weighted by molar-refractivity contribution is 7.12. The van der Waals surface area contributed by atoms with Gasteiger partial charge in [0, 0.05) is 28.6 Å². The van der Waals surface area contributed by atoms with Crippen LogP contribution in [0.25, 0.3) is 22.2 Å². The average Bonchev–Trinajstić information content (AvgIpc) is 2.91. The Balaban J connectivity index is 2.16. The highest BCUT2D eigenvalue weighted by Gasteiger charge is 2.15. The summed E-state index contributed by atoms with van der Waals surface area (Å²) in [6.07, 6.45) is 1.82. The Kier molecular flexibility index (Phi) is 3.51. The van der Waals surface area contributed by atoms with Crippen molar-refractivity contribution in [3.05, 3.63) is 46.4 Å². The van der Waals surface area contributed by atoms with Gasteiger partial charge < -0.3 is 5.73 Å². The molecule has 102 valence electrons. The summed E-state index contributed by atoms with van der Waals surface area (Å²) in [5.74, 6) is 0.451. The lowest BCUT2D eigenvalue weighted by Gasteiger charge is -2.06. The van der Waals surface area contributed by atoms with Crippen molar-refractivity contribution in [3.63, 3.8) is 0 Å². The molecular weight excluding hydrogens is 266 g/mol. The molecule has 0 aliphatic rings. The predicted molar refractivity (Wildman–Crippen MR) is 84.8 cm³/mol. The van der Waals surface area contributed by atoms with Crippen LogP contribution in [0, 0.1) is 0 Å². The fraction of sp³-hybridized carbons (Fsp3) is 0.250. The van der Waals surface area contributed by atoms with E-state index in [1.54, 1.807) is 11.3 Å². The summed E-state index contributed by atoms with van der Waals surface area (Å²) in [5.41, 5.74) is 8.96. The van der Waals surface area contributed by atoms with Crippen LogP contribution in [0.2, 0.25) is 0 Å². The number of nitrogens with two attached hydrogens (primary N) is 1. The highest BCUT2D eigenvalue weighted by Crippen LogP contribution is 2.34. The molecule has 0 saturated carbocycles. The maximum Gasteiger partial charge on any atom is 0.107 e. The standard InChI is InChI=1S/C16H17N3S/c1-10(2)16-15(19-14(9-17)20-16)12-5-6-13-11(8-12)4-3-7-18-13/h3-8,10H,9,17H2,1-2H3. The number of thiazole rings is 1. The minimum Gasteiger partial charge on any atom is -0.325 e. The molecule has 0 aliphatic heterocycles. The smallest absolute Gasteiger partial charge is 0.107 e. The lowest BCUT2D eigenvalue weighted by molar-refractivity contribution is 0.887. The Morgan fingerprint density at radius 2 is 2.10 bits per heavy atom. The molecule has 0 aliphatic carbocycles. The summed E-state index contributed by atoms with van der Waals surface area (Å²) in [6, 6.07) is 10.3. The molecule has 0 atom stereocenters. The van der Waals surface area contributed by atoms with Crippen LogP contribution in [0.5, 0.6) is 0 Å². The molecule has 2 N–H and O–H groups in total. The Morgan fingerprint density at radius 1 is 1.25 bits per heavy atom. The van der Waals surface area contributed by atoms with Crippen molar-refractivity contribution in [2.45, 2.75) is 26.3 Å². The third kappa shape index (κ3) is 2.32. The van der Waals surface area contributed by atoms with E-state index in [9.17, 15) is 0 Å². The first kappa shape index (κ1) is 13.2. The van der Waals surface area contributed by atoms with Gasteiger partial charge in [-0.15, -0.1) is 11.3 Å². The van der Waals surface area contributed by atoms with Crippen LogP contribution in [0.4, 0.5) is 0 Å². The van der Waals surface area contributed by atoms with Gasteiger partial charge in [-0.05, 0) is 24.1 Å². The lowest BCUT2D eigenvalue weighted by Crippen LogP contribution is -1.94. The quantitative estimate of drug-likeness (QED) is 0.792. The van der Waals surface area contributed by atoms with Crippen LogP contribution in [0.3, 0.4) is 0 Å². The Labute approximate surface area is 122 Å². The number of pyridine rings is 1. The van der Waals surface area contributed by atoms with Gasteiger partial charge in [-0.1, -0.05) is 26.0 Å². The largest absolute Gasteiger partial charge is 0.325 e. The third-order valence-corrected chi connectivity index (χ3v) is 4.65. The maximum absolute atomic E-state index is 5.74. The van der Waals surface area contributed by atoms with E-state index in [0.717, 1.165) is 27.2 Å². The first-order valence-corrected chi connectivity index (χ1v) is 7.55. The molecule has 4 heteroatoms. The normalized spacial score (nSPS) is 11.4. The van der Waals surface area contributed by atoms with Gasteiger partial charge in [-0.2, -0.15) is 0 Å². The molecule has 2 aromatic heterocycles. The van der Waals surface area contributed by atoms with Crippen molar-refractivity contribution in [1.29, 1.82) is 0 Å². The van der Waals surface area contributed by atoms with Gasteiger partial charge in [0.25, 0.3) is 0 Å². The van der Waals surface area contributed by atoms with Crippen LogP contribution >= 0.6 is 11.3 Å². The second-order valence-corrected chi connectivity index (χ2v) is 6.21. The molecule has 0 unspecified atom stereocenters. The van der Waals surface area contributed by atoms with E-state index in [1.807, 2.05) is 12.3 Å². The topological polar surface area (TPSA) is 51.8 Å². The SMILES string of the molecule is CC(C)c1sc(CN)nc1-c1ccc2ncccc2c1. The van der Waals surface area contributed by atoms with Crippen molar-refractivity contribution < 1.29 is 0 Å². The van der Waals surface area contributed by atoms with E-state index in [0.29, 0.717) is 12.5 Å². The van der Waals surface area contributed by atoms with Crippen molar-refractivity contribution in [2.24, 2.45) is 5.73 Å². The Bertz CT molecular complexity index is 746. The average molecular weight is 283 g/mol. The summed E-state index contributed by atoms with van der Waals surface area (Å²) < 4.78 is 0. The minimum absolute atomic E-state index is 0.451. The number of hydrogen-bond acceptors (Lipinski definition) is 4. The van der Waals surface area contributed by atoms with Crippen LogP contribution in [-0.2, 0) is 6.54 Å². The zero-order valence-corrected chi connectivity index (χ0v) is 12.4. The molecule has 3 aromatic rings. The van der Waals surface area contributed by atoms with Crippen molar-refractivity contribution >= 4 is 22.2 Å². The lowest BCUT2D eigenvalue weighted by atomic mass is 10.0. The Hall–Kier alpha value is -1.78. The van der Waals surface area contributed by atoms with Crippen LogP contribution in [0.15, 0.2) is 36.5 Å². The van der Waals surface area contributed by atoms with E-state index < -0.39 is 0 Å². The number of fused-ring (bicyclic) bond motifs is 1. The van der Waals surface area contributed by atoms with Gasteiger partial charge in [0.05, 0.1) is 11.2 Å². The van der Waals surface area contributed by atoms with Crippen LogP contribution in [-0.4, -0.2) is 9.97 Å². The predicted octanol–water partition coefficient (Wildman–Crippen LogP) is 3.94. The molecule has 3 rings (SSSR count). The summed E-state index contributed by atoms with van der Waals surface area (Å²) in [4.78, 5) is 10.4. The van der Waals surface area contributed by atoms with E-state index in [2.05, 4.69) is 43.1 Å². The molecule has 3 nitrogen and oxygen atoms in total. The van der Waals surface area contributed by atoms with Crippen molar-refractivity contribution in [2.75, 3.05) is 0 Å². The molecule has 0 spiro atoms. The summed E-state index contributed by atoms with van der Waals surface area (Å²) in [6.45, 7) is 4.89. The molecule has 0 saturated heterocycles. The third-order valence-electron chi connectivity index (χ3n) is 3.27. The van der Waals surface area contributed by atoms with E-state index in [1.165, 1.54) is 4.88 Å². The summed E-state index contributed by atoms with van der Waals surface area (Å²) in [7, 11) is 0. The number of nitrogens with zero attached hydrogens (tertiary/aromatic N) is 2. The molecule has 2 heterocycles. The highest BCUT2D eigenvalue weighted by atomic mass is 32.1. The minimum atomic E-state index is 0.451. The molecule has 1 aromatic carbocycles. The molecular formula is C16H17N3S. The van der Waals surface area contributed by atoms with Gasteiger partial charge in [0.15, 0.2) is 0 Å². The first-order valence-electron chi connectivity index (χ1n) is 6.74. The van der Waals surface area contributed by atoms with Crippen LogP contribution in [0.1, 0.15) is 29.7 Å².